The van der Waals surface area contributed by atoms with E-state index in [2.05, 4.69) is 58.1 Å². The maximum Gasteiger partial charge on any atom is 0.112 e. The first-order chi connectivity index (χ1) is 10.4. The predicted molar refractivity (Wildman–Crippen MR) is 87.7 cm³/mol. The molecule has 2 unspecified atom stereocenters. The van der Waals surface area contributed by atoms with Crippen LogP contribution in [0.2, 0.25) is 0 Å². The first-order valence-corrected chi connectivity index (χ1v) is 7.29. The van der Waals surface area contributed by atoms with Gasteiger partial charge in [0.1, 0.15) is 5.84 Å². The minimum atomic E-state index is 0.102. The van der Waals surface area contributed by atoms with Crippen LogP contribution in [0.15, 0.2) is 64.6 Å². The molecule has 1 aromatic carbocycles. The molecule has 0 bridgehead atoms. The fourth-order valence-electron chi connectivity index (χ4n) is 2.67. The summed E-state index contributed by atoms with van der Waals surface area (Å²) in [6, 6.07) is 10.7. The van der Waals surface area contributed by atoms with Crippen molar-refractivity contribution < 1.29 is 0 Å². The molecule has 1 heterocycles. The van der Waals surface area contributed by atoms with Crippen molar-refractivity contribution >= 4 is 12.2 Å². The van der Waals surface area contributed by atoms with Crippen LogP contribution in [0, 0.1) is 5.92 Å². The van der Waals surface area contributed by atoms with Crippen LogP contribution in [-0.2, 0) is 0 Å². The second kappa shape index (κ2) is 6.50. The van der Waals surface area contributed by atoms with Gasteiger partial charge in [-0.1, -0.05) is 54.6 Å². The quantitative estimate of drug-likeness (QED) is 0.887. The monoisotopic (exact) mass is 280 g/mol. The van der Waals surface area contributed by atoms with Gasteiger partial charge in [-0.2, -0.15) is 0 Å². The molecule has 108 valence electrons. The van der Waals surface area contributed by atoms with Crippen LogP contribution in [-0.4, -0.2) is 31.8 Å². The normalized spacial score (nSPS) is 26.4. The summed E-state index contributed by atoms with van der Waals surface area (Å²) >= 11 is 0. The van der Waals surface area contributed by atoms with E-state index in [-0.39, 0.29) is 18.0 Å². The number of nitrogens with one attached hydrogen (secondary N) is 2. The van der Waals surface area contributed by atoms with Gasteiger partial charge in [0.15, 0.2) is 0 Å². The lowest BCUT2D eigenvalue weighted by Crippen LogP contribution is -2.40. The fraction of sp³-hybridized carbons (Fsp3) is 0.294. The Hall–Kier alpha value is -2.20. The summed E-state index contributed by atoms with van der Waals surface area (Å²) in [7, 11) is 1.96. The molecule has 3 atom stereocenters. The molecule has 0 fully saturated rings. The topological polar surface area (TPSA) is 48.8 Å². The number of hydrogen-bond acceptors (Lipinski definition) is 3. The second-order valence-corrected chi connectivity index (χ2v) is 5.21. The highest BCUT2D eigenvalue weighted by Gasteiger charge is 2.26. The van der Waals surface area contributed by atoms with Crippen molar-refractivity contribution in [3.8, 4) is 0 Å². The first-order valence-electron chi connectivity index (χ1n) is 7.29. The smallest absolute Gasteiger partial charge is 0.112 e. The van der Waals surface area contributed by atoms with Crippen LogP contribution in [0.5, 0.6) is 0 Å². The number of fused-ring (bicyclic) bond motifs is 1. The molecule has 0 saturated heterocycles. The van der Waals surface area contributed by atoms with E-state index < -0.39 is 0 Å². The SMILES string of the molecule is CNC[C@H](N=C1NC=NC2C=CC=CC12)c1ccccc1. The van der Waals surface area contributed by atoms with Gasteiger partial charge < -0.3 is 10.6 Å². The van der Waals surface area contributed by atoms with Gasteiger partial charge in [0, 0.05) is 6.54 Å². The van der Waals surface area contributed by atoms with Gasteiger partial charge in [-0.3, -0.25) is 9.98 Å². The van der Waals surface area contributed by atoms with E-state index in [1.807, 2.05) is 19.2 Å². The third-order valence-corrected chi connectivity index (χ3v) is 3.76. The van der Waals surface area contributed by atoms with Crippen LogP contribution < -0.4 is 10.6 Å². The molecule has 0 radical (unpaired) electrons. The van der Waals surface area contributed by atoms with Crippen molar-refractivity contribution in [1.82, 2.24) is 10.6 Å². The van der Waals surface area contributed by atoms with Gasteiger partial charge in [-0.05, 0) is 12.6 Å². The van der Waals surface area contributed by atoms with Crippen LogP contribution in [0.3, 0.4) is 0 Å². The van der Waals surface area contributed by atoms with Crippen LogP contribution in [0.4, 0.5) is 0 Å². The summed E-state index contributed by atoms with van der Waals surface area (Å²) in [6.45, 7) is 0.809. The van der Waals surface area contributed by atoms with E-state index >= 15 is 0 Å². The van der Waals surface area contributed by atoms with Gasteiger partial charge >= 0.3 is 0 Å². The zero-order valence-corrected chi connectivity index (χ0v) is 12.1. The molecule has 4 nitrogen and oxygen atoms in total. The molecule has 2 aliphatic rings. The van der Waals surface area contributed by atoms with E-state index in [0.29, 0.717) is 0 Å². The average Bonchev–Trinajstić information content (AvgIpc) is 2.55. The van der Waals surface area contributed by atoms with Crippen molar-refractivity contribution in [3.63, 3.8) is 0 Å². The zero-order chi connectivity index (χ0) is 14.5. The maximum atomic E-state index is 4.95. The van der Waals surface area contributed by atoms with Gasteiger partial charge in [0.2, 0.25) is 0 Å². The minimum absolute atomic E-state index is 0.102. The summed E-state index contributed by atoms with van der Waals surface area (Å²) in [5.41, 5.74) is 1.22. The van der Waals surface area contributed by atoms with Crippen molar-refractivity contribution in [1.29, 1.82) is 0 Å². The number of likely N-dealkylation sites (N-methyl/N-ethyl adjacent to an activating group) is 1. The lowest BCUT2D eigenvalue weighted by Gasteiger charge is -2.27. The summed E-state index contributed by atoms with van der Waals surface area (Å²) < 4.78 is 0. The highest BCUT2D eigenvalue weighted by Crippen LogP contribution is 2.23. The Morgan fingerprint density at radius 2 is 2.05 bits per heavy atom. The van der Waals surface area contributed by atoms with Crippen LogP contribution in [0.25, 0.3) is 0 Å². The average molecular weight is 280 g/mol. The van der Waals surface area contributed by atoms with E-state index in [1.54, 1.807) is 6.34 Å². The van der Waals surface area contributed by atoms with E-state index in [1.165, 1.54) is 5.56 Å². The lowest BCUT2D eigenvalue weighted by atomic mass is 9.93. The first kappa shape index (κ1) is 13.8. The molecule has 1 aromatic rings. The van der Waals surface area contributed by atoms with Crippen molar-refractivity contribution in [2.24, 2.45) is 15.9 Å². The number of nitrogens with zero attached hydrogens (tertiary/aromatic N) is 2. The Kier molecular flexibility index (Phi) is 4.26. The molecule has 3 rings (SSSR count). The number of aliphatic imine (C=N–C) groups is 2. The largest absolute Gasteiger partial charge is 0.335 e. The molecule has 2 N–H and O–H groups in total. The Morgan fingerprint density at radius 3 is 2.86 bits per heavy atom. The minimum Gasteiger partial charge on any atom is -0.335 e. The van der Waals surface area contributed by atoms with Crippen molar-refractivity contribution in [3.05, 3.63) is 60.2 Å². The molecule has 1 aliphatic heterocycles. The summed E-state index contributed by atoms with van der Waals surface area (Å²) in [5.74, 6) is 1.20. The Bertz CT molecular complexity index is 586. The number of allylic oxidation sites excluding steroid dienone is 2. The van der Waals surface area contributed by atoms with Crippen molar-refractivity contribution in [2.75, 3.05) is 13.6 Å². The van der Waals surface area contributed by atoms with E-state index in [0.717, 1.165) is 12.4 Å². The molecule has 0 aromatic heterocycles. The van der Waals surface area contributed by atoms with E-state index in [4.69, 9.17) is 4.99 Å². The second-order valence-electron chi connectivity index (χ2n) is 5.21. The third kappa shape index (κ3) is 3.11. The zero-order valence-electron chi connectivity index (χ0n) is 12.1. The highest BCUT2D eigenvalue weighted by atomic mass is 15.1. The molecule has 1 aliphatic carbocycles. The maximum absolute atomic E-state index is 4.95. The third-order valence-electron chi connectivity index (χ3n) is 3.76. The van der Waals surface area contributed by atoms with Gasteiger partial charge in [0.25, 0.3) is 0 Å². The fourth-order valence-corrected chi connectivity index (χ4v) is 2.67. The van der Waals surface area contributed by atoms with Crippen molar-refractivity contribution in [2.45, 2.75) is 12.1 Å². The summed E-state index contributed by atoms with van der Waals surface area (Å²) in [6.07, 6.45) is 10.1. The van der Waals surface area contributed by atoms with E-state index in [9.17, 15) is 0 Å². The molecule has 0 spiro atoms. The molecule has 0 amide bonds. The molecule has 0 saturated carbocycles. The van der Waals surface area contributed by atoms with Gasteiger partial charge in [0.05, 0.1) is 24.3 Å². The summed E-state index contributed by atoms with van der Waals surface area (Å²) in [5, 5.41) is 6.45. The molecular formula is C17H20N4. The Balaban J connectivity index is 1.88. The number of rotatable bonds is 4. The standard InChI is InChI=1S/C17H20N4/c1-18-11-16(13-7-3-2-4-8-13)21-17-14-9-5-6-10-15(14)19-12-20-17/h2-10,12,14-16,18H,11H2,1H3,(H,19,20,21)/t14?,15?,16-/m0/s1. The van der Waals surface area contributed by atoms with Crippen LogP contribution in [0.1, 0.15) is 11.6 Å². The lowest BCUT2D eigenvalue weighted by molar-refractivity contribution is 0.630. The molecular weight excluding hydrogens is 260 g/mol. The van der Waals surface area contributed by atoms with Crippen LogP contribution >= 0.6 is 0 Å². The number of hydrogen-bond donors (Lipinski definition) is 2. The molecule has 4 heteroatoms. The Labute approximate surface area is 125 Å². The summed E-state index contributed by atoms with van der Waals surface area (Å²) in [4.78, 5) is 9.40. The van der Waals surface area contributed by atoms with Gasteiger partial charge in [-0.15, -0.1) is 0 Å². The Morgan fingerprint density at radius 1 is 1.24 bits per heavy atom. The number of benzene rings is 1. The predicted octanol–water partition coefficient (Wildman–Crippen LogP) is 2.09. The highest BCUT2D eigenvalue weighted by molar-refractivity contribution is 5.97. The molecule has 21 heavy (non-hydrogen) atoms. The number of amidine groups is 1. The van der Waals surface area contributed by atoms with Gasteiger partial charge in [-0.25, -0.2) is 0 Å².